The van der Waals surface area contributed by atoms with Crippen LogP contribution in [-0.4, -0.2) is 79.8 Å². The van der Waals surface area contributed by atoms with Crippen molar-refractivity contribution in [3.05, 3.63) is 108 Å². The Bertz CT molecular complexity index is 2800. The number of H-pyrrole nitrogens is 2. The van der Waals surface area contributed by atoms with Crippen LogP contribution in [0.1, 0.15) is 63.3 Å². The zero-order chi connectivity index (χ0) is 42.4. The van der Waals surface area contributed by atoms with Crippen molar-refractivity contribution >= 4 is 67.4 Å². The zero-order valence-corrected chi connectivity index (χ0v) is 34.8. The first-order valence-corrected chi connectivity index (χ1v) is 21.2. The number of hydrogen-bond acceptors (Lipinski definition) is 7. The molecule has 3 atom stereocenters. The van der Waals surface area contributed by atoms with Gasteiger partial charge in [-0.15, -0.1) is 0 Å². The Labute approximate surface area is 353 Å². The third kappa shape index (κ3) is 7.99. The number of nitrogens with zero attached hydrogens (tertiary/aromatic N) is 4. The summed E-state index contributed by atoms with van der Waals surface area (Å²) in [5.74, 6) is 1.67. The highest BCUT2D eigenvalue weighted by Gasteiger charge is 2.48. The summed E-state index contributed by atoms with van der Waals surface area (Å²) in [4.78, 5) is 72.5. The van der Waals surface area contributed by atoms with E-state index in [9.17, 15) is 19.2 Å². The number of aromatic amines is 2. The minimum Gasteiger partial charge on any atom is -0.453 e. The van der Waals surface area contributed by atoms with Crippen LogP contribution in [0.4, 0.5) is 4.79 Å². The molecule has 13 heteroatoms. The van der Waals surface area contributed by atoms with Crippen LogP contribution in [0.25, 0.3) is 54.7 Å². The molecule has 0 bridgehead atoms. The second-order valence-corrected chi connectivity index (χ2v) is 16.6. The van der Waals surface area contributed by atoms with E-state index in [-0.39, 0.29) is 42.8 Å². The van der Waals surface area contributed by atoms with Crippen molar-refractivity contribution < 1.29 is 23.9 Å². The van der Waals surface area contributed by atoms with E-state index in [0.717, 1.165) is 79.6 Å². The molecule has 4 N–H and O–H groups in total. The summed E-state index contributed by atoms with van der Waals surface area (Å²) in [7, 11) is 1.28. The average molecular weight is 819 g/mol. The molecule has 3 unspecified atom stereocenters. The standard InChI is InChI=1S/C48H50N8O5/c1-5-21-55(47(59)42(29-9-7-6-8-10-29)54-46(58)30-11-12-30)25-39-50-37-19-15-33-22-31(13-17-35(33)43(37)52-39)32-14-18-36-34(23-32)16-20-38-44(36)53-40(51-38)26-56(45-27(2)28(45)3)41(57)24-49-48(60)61-4/h6-10,13-20,22-23,27-28,30,42,45H,5,11-12,21,24-26H2,1-4H3,(H,49,60)(H,50,52)(H,51,53)(H,54,58). The maximum atomic E-state index is 14.2. The van der Waals surface area contributed by atoms with Gasteiger partial charge in [0.05, 0.1) is 42.3 Å². The van der Waals surface area contributed by atoms with Gasteiger partial charge in [-0.2, -0.15) is 0 Å². The number of ether oxygens (including phenoxy) is 1. The maximum absolute atomic E-state index is 14.2. The van der Waals surface area contributed by atoms with Crippen LogP contribution in [0.5, 0.6) is 0 Å². The molecular weight excluding hydrogens is 769 g/mol. The summed E-state index contributed by atoms with van der Waals surface area (Å²) in [6.45, 7) is 7.28. The Kier molecular flexibility index (Phi) is 10.6. The second kappa shape index (κ2) is 16.4. The number of amides is 4. The molecule has 0 aliphatic heterocycles. The van der Waals surface area contributed by atoms with Crippen molar-refractivity contribution in [2.24, 2.45) is 17.8 Å². The van der Waals surface area contributed by atoms with Gasteiger partial charge in [0.25, 0.3) is 0 Å². The predicted octanol–water partition coefficient (Wildman–Crippen LogP) is 7.76. The molecule has 7 aromatic rings. The summed E-state index contributed by atoms with van der Waals surface area (Å²) < 4.78 is 4.66. The molecule has 2 aliphatic carbocycles. The van der Waals surface area contributed by atoms with Crippen molar-refractivity contribution in [1.29, 1.82) is 0 Å². The number of hydrogen-bond donors (Lipinski definition) is 4. The molecule has 2 fully saturated rings. The summed E-state index contributed by atoms with van der Waals surface area (Å²) in [5, 5.41) is 9.66. The van der Waals surface area contributed by atoms with Crippen LogP contribution >= 0.6 is 0 Å². The van der Waals surface area contributed by atoms with Crippen LogP contribution < -0.4 is 10.6 Å². The van der Waals surface area contributed by atoms with E-state index >= 15 is 0 Å². The minimum absolute atomic E-state index is 0.0146. The van der Waals surface area contributed by atoms with Gasteiger partial charge < -0.3 is 35.1 Å². The average Bonchev–Trinajstić information content (AvgIpc) is 4.12. The van der Waals surface area contributed by atoms with E-state index < -0.39 is 12.1 Å². The fourth-order valence-corrected chi connectivity index (χ4v) is 8.70. The molecule has 0 radical (unpaired) electrons. The number of fused-ring (bicyclic) bond motifs is 6. The molecule has 2 heterocycles. The highest BCUT2D eigenvalue weighted by atomic mass is 16.5. The first kappa shape index (κ1) is 39.7. The van der Waals surface area contributed by atoms with Gasteiger partial charge in [-0.1, -0.05) is 87.5 Å². The molecule has 4 amide bonds. The number of methoxy groups -OCH3 is 1. The largest absolute Gasteiger partial charge is 0.453 e. The van der Waals surface area contributed by atoms with Gasteiger partial charge in [-0.05, 0) is 82.8 Å². The lowest BCUT2D eigenvalue weighted by Gasteiger charge is -2.27. The maximum Gasteiger partial charge on any atom is 0.407 e. The molecule has 5 aromatic carbocycles. The van der Waals surface area contributed by atoms with Crippen molar-refractivity contribution in [3.63, 3.8) is 0 Å². The van der Waals surface area contributed by atoms with Gasteiger partial charge in [-0.3, -0.25) is 14.4 Å². The van der Waals surface area contributed by atoms with E-state index in [1.165, 1.54) is 7.11 Å². The number of benzene rings is 5. The summed E-state index contributed by atoms with van der Waals surface area (Å²) >= 11 is 0. The monoisotopic (exact) mass is 818 g/mol. The van der Waals surface area contributed by atoms with Crippen molar-refractivity contribution in [1.82, 2.24) is 40.4 Å². The number of nitrogens with one attached hydrogen (secondary N) is 4. The molecule has 2 aliphatic rings. The van der Waals surface area contributed by atoms with E-state index in [0.29, 0.717) is 36.6 Å². The van der Waals surface area contributed by atoms with Crippen molar-refractivity contribution in [2.75, 3.05) is 20.2 Å². The molecule has 2 saturated carbocycles. The Hall–Kier alpha value is -6.76. The van der Waals surface area contributed by atoms with Crippen LogP contribution in [0, 0.1) is 17.8 Å². The molecule has 0 saturated heterocycles. The third-order valence-electron chi connectivity index (χ3n) is 12.5. The minimum atomic E-state index is -0.764. The van der Waals surface area contributed by atoms with Gasteiger partial charge in [0.2, 0.25) is 17.7 Å². The number of aromatic nitrogens is 4. The summed E-state index contributed by atoms with van der Waals surface area (Å²) in [6, 6.07) is 29.8. The fraction of sp³-hybridized carbons (Fsp3) is 0.333. The Balaban J connectivity index is 0.948. The Morgan fingerprint density at radius 1 is 0.787 bits per heavy atom. The highest BCUT2D eigenvalue weighted by Crippen LogP contribution is 2.43. The smallest absolute Gasteiger partial charge is 0.407 e. The van der Waals surface area contributed by atoms with Crippen molar-refractivity contribution in [2.45, 2.75) is 65.2 Å². The number of rotatable bonds is 14. The van der Waals surface area contributed by atoms with E-state index in [4.69, 9.17) is 9.97 Å². The lowest BCUT2D eigenvalue weighted by Crippen LogP contribution is -2.43. The predicted molar refractivity (Wildman–Crippen MR) is 235 cm³/mol. The third-order valence-corrected chi connectivity index (χ3v) is 12.5. The van der Waals surface area contributed by atoms with E-state index in [1.807, 2.05) is 54.3 Å². The fourth-order valence-electron chi connectivity index (χ4n) is 8.70. The van der Waals surface area contributed by atoms with Crippen LogP contribution in [0.3, 0.4) is 0 Å². The normalized spacial score (nSPS) is 17.7. The van der Waals surface area contributed by atoms with Crippen LogP contribution in [0.2, 0.25) is 0 Å². The van der Waals surface area contributed by atoms with E-state index in [2.05, 4.69) is 87.7 Å². The molecule has 61 heavy (non-hydrogen) atoms. The number of carbonyl (C=O) groups excluding carboxylic acids is 4. The summed E-state index contributed by atoms with van der Waals surface area (Å²) in [5.41, 5.74) is 6.35. The lowest BCUT2D eigenvalue weighted by atomic mass is 9.98. The number of carbonyl (C=O) groups is 4. The molecular formula is C48H50N8O5. The van der Waals surface area contributed by atoms with Crippen LogP contribution in [0.15, 0.2) is 91.0 Å². The van der Waals surface area contributed by atoms with Gasteiger partial charge >= 0.3 is 6.09 Å². The second-order valence-electron chi connectivity index (χ2n) is 16.6. The van der Waals surface area contributed by atoms with Gasteiger partial charge in [0.1, 0.15) is 24.2 Å². The topological polar surface area (TPSA) is 165 Å². The first-order chi connectivity index (χ1) is 29.6. The van der Waals surface area contributed by atoms with E-state index in [1.54, 1.807) is 4.90 Å². The van der Waals surface area contributed by atoms with Gasteiger partial charge in [0, 0.05) is 29.3 Å². The quantitative estimate of drug-likeness (QED) is 0.0871. The lowest BCUT2D eigenvalue weighted by molar-refractivity contribution is -0.137. The van der Waals surface area contributed by atoms with Gasteiger partial charge in [0.15, 0.2) is 0 Å². The Morgan fingerprint density at radius 3 is 1.92 bits per heavy atom. The highest BCUT2D eigenvalue weighted by molar-refractivity contribution is 6.07. The molecule has 13 nitrogen and oxygen atoms in total. The van der Waals surface area contributed by atoms with Crippen molar-refractivity contribution in [3.8, 4) is 11.1 Å². The van der Waals surface area contributed by atoms with Crippen LogP contribution in [-0.2, 0) is 32.2 Å². The molecule has 0 spiro atoms. The molecule has 9 rings (SSSR count). The first-order valence-electron chi connectivity index (χ1n) is 21.2. The summed E-state index contributed by atoms with van der Waals surface area (Å²) in [6.07, 6.45) is 1.84. The zero-order valence-electron chi connectivity index (χ0n) is 34.8. The Morgan fingerprint density at radius 2 is 1.38 bits per heavy atom. The number of imidazole rings is 2. The van der Waals surface area contributed by atoms with Gasteiger partial charge in [-0.25, -0.2) is 14.8 Å². The molecule has 312 valence electrons. The molecule has 2 aromatic heterocycles. The number of alkyl carbamates (subject to hydrolysis) is 1. The SMILES string of the molecule is CCCN(Cc1nc2c(ccc3cc(-c4ccc5c(ccc6[nH]c(CN(C(=O)CNC(=O)OC)C7C(C)C7C)nc65)c4)ccc32)[nH]1)C(=O)C(NC(=O)C1CC1)c1ccccc1.